The SMILES string of the molecule is O=C1c2oc3ccc(Br)cc3c(=O)c2C(c2cccc(OCc3ccccc3)c2)N1c1ccccn1. The molecule has 36 heavy (non-hydrogen) atoms. The van der Waals surface area contributed by atoms with Crippen LogP contribution in [0, 0.1) is 0 Å². The van der Waals surface area contributed by atoms with E-state index in [0.717, 1.165) is 15.6 Å². The van der Waals surface area contributed by atoms with Gasteiger partial charge in [-0.25, -0.2) is 4.98 Å². The van der Waals surface area contributed by atoms with E-state index in [2.05, 4.69) is 20.9 Å². The lowest BCUT2D eigenvalue weighted by Gasteiger charge is -2.24. The molecule has 0 saturated heterocycles. The van der Waals surface area contributed by atoms with Gasteiger partial charge in [0.15, 0.2) is 5.43 Å². The molecule has 176 valence electrons. The number of hydrogen-bond acceptors (Lipinski definition) is 5. The molecule has 3 heterocycles. The molecule has 2 aromatic heterocycles. The van der Waals surface area contributed by atoms with Crippen LogP contribution >= 0.6 is 15.9 Å². The highest BCUT2D eigenvalue weighted by Gasteiger charge is 2.44. The van der Waals surface area contributed by atoms with Gasteiger partial charge in [-0.3, -0.25) is 14.5 Å². The monoisotopic (exact) mass is 538 g/mol. The first-order valence-electron chi connectivity index (χ1n) is 11.4. The average molecular weight is 539 g/mol. The summed E-state index contributed by atoms with van der Waals surface area (Å²) in [5.74, 6) is 0.678. The summed E-state index contributed by atoms with van der Waals surface area (Å²) in [4.78, 5) is 33.3. The molecule has 0 fully saturated rings. The zero-order chi connectivity index (χ0) is 24.6. The van der Waals surface area contributed by atoms with Crippen LogP contribution in [0.25, 0.3) is 11.0 Å². The van der Waals surface area contributed by atoms with E-state index < -0.39 is 11.9 Å². The molecule has 1 aliphatic rings. The van der Waals surface area contributed by atoms with E-state index in [1.165, 1.54) is 4.90 Å². The van der Waals surface area contributed by atoms with Gasteiger partial charge in [0.2, 0.25) is 5.76 Å². The van der Waals surface area contributed by atoms with Gasteiger partial charge in [-0.2, -0.15) is 0 Å². The minimum Gasteiger partial charge on any atom is -0.489 e. The van der Waals surface area contributed by atoms with Crippen LogP contribution in [0.5, 0.6) is 5.75 Å². The molecule has 1 atom stereocenters. The maximum atomic E-state index is 13.8. The van der Waals surface area contributed by atoms with Crippen LogP contribution in [-0.4, -0.2) is 10.9 Å². The van der Waals surface area contributed by atoms with Gasteiger partial charge in [0, 0.05) is 10.7 Å². The quantitative estimate of drug-likeness (QED) is 0.263. The molecule has 6 nitrogen and oxygen atoms in total. The Morgan fingerprint density at radius 1 is 0.917 bits per heavy atom. The Kier molecular flexibility index (Phi) is 5.62. The Hall–Kier alpha value is -4.23. The number of benzene rings is 3. The zero-order valence-corrected chi connectivity index (χ0v) is 20.5. The summed E-state index contributed by atoms with van der Waals surface area (Å²) in [5.41, 5.74) is 2.16. The van der Waals surface area contributed by atoms with Crippen molar-refractivity contribution in [2.75, 3.05) is 4.90 Å². The zero-order valence-electron chi connectivity index (χ0n) is 18.9. The Labute approximate surface area is 214 Å². The highest BCUT2D eigenvalue weighted by molar-refractivity contribution is 9.10. The van der Waals surface area contributed by atoms with Crippen LogP contribution in [0.3, 0.4) is 0 Å². The standard InChI is InChI=1S/C29H19BrN2O4/c30-20-12-13-23-22(16-20)27(33)25-26(32(29(34)28(25)36-23)24-11-4-5-14-31-24)19-9-6-10-21(15-19)35-17-18-7-2-1-3-8-18/h1-16,26H,17H2. The van der Waals surface area contributed by atoms with Gasteiger partial charge in [-0.05, 0) is 53.6 Å². The second kappa shape index (κ2) is 9.09. The van der Waals surface area contributed by atoms with Gasteiger partial charge < -0.3 is 9.15 Å². The first-order valence-corrected chi connectivity index (χ1v) is 12.2. The minimum atomic E-state index is -0.720. The van der Waals surface area contributed by atoms with Crippen LogP contribution in [0.4, 0.5) is 5.82 Å². The molecule has 7 heteroatoms. The molecule has 0 radical (unpaired) electrons. The predicted molar refractivity (Wildman–Crippen MR) is 140 cm³/mol. The molecule has 1 amide bonds. The molecule has 6 rings (SSSR count). The third kappa shape index (κ3) is 3.87. The summed E-state index contributed by atoms with van der Waals surface area (Å²) in [5, 5.41) is 0.403. The number of carbonyl (C=O) groups excluding carboxylic acids is 1. The molecule has 0 saturated carbocycles. The highest BCUT2D eigenvalue weighted by atomic mass is 79.9. The van der Waals surface area contributed by atoms with Crippen LogP contribution in [-0.2, 0) is 6.61 Å². The molecule has 0 N–H and O–H groups in total. The molecule has 0 spiro atoms. The maximum absolute atomic E-state index is 13.8. The number of amides is 1. The van der Waals surface area contributed by atoms with E-state index in [0.29, 0.717) is 29.1 Å². The summed E-state index contributed by atoms with van der Waals surface area (Å²) >= 11 is 3.43. The topological polar surface area (TPSA) is 72.6 Å². The molecule has 3 aromatic carbocycles. The van der Waals surface area contributed by atoms with Crippen molar-refractivity contribution in [3.05, 3.63) is 134 Å². The number of fused-ring (bicyclic) bond motifs is 2. The van der Waals surface area contributed by atoms with E-state index in [4.69, 9.17) is 9.15 Å². The summed E-state index contributed by atoms with van der Waals surface area (Å²) in [6.45, 7) is 0.398. The van der Waals surface area contributed by atoms with Crippen LogP contribution in [0.15, 0.2) is 111 Å². The number of ether oxygens (including phenoxy) is 1. The molecular formula is C29H19BrN2O4. The lowest BCUT2D eigenvalue weighted by Crippen LogP contribution is -2.30. The Morgan fingerprint density at radius 3 is 2.56 bits per heavy atom. The number of carbonyl (C=O) groups is 1. The van der Waals surface area contributed by atoms with E-state index in [1.807, 2.05) is 54.6 Å². The van der Waals surface area contributed by atoms with Crippen molar-refractivity contribution in [2.24, 2.45) is 0 Å². The Morgan fingerprint density at radius 2 is 1.75 bits per heavy atom. The number of anilines is 1. The van der Waals surface area contributed by atoms with Crippen LogP contribution in [0.2, 0.25) is 0 Å². The summed E-state index contributed by atoms with van der Waals surface area (Å²) < 4.78 is 12.8. The van der Waals surface area contributed by atoms with Crippen molar-refractivity contribution >= 4 is 38.6 Å². The molecule has 5 aromatic rings. The Balaban J connectivity index is 1.49. The molecule has 1 unspecified atom stereocenters. The molecule has 1 aliphatic heterocycles. The van der Waals surface area contributed by atoms with Gasteiger partial charge >= 0.3 is 0 Å². The van der Waals surface area contributed by atoms with Gasteiger partial charge in [0.25, 0.3) is 5.91 Å². The second-order valence-corrected chi connectivity index (χ2v) is 9.34. The molecular weight excluding hydrogens is 520 g/mol. The molecule has 0 aliphatic carbocycles. The fourth-order valence-corrected chi connectivity index (χ4v) is 4.87. The van der Waals surface area contributed by atoms with E-state index in [9.17, 15) is 9.59 Å². The first kappa shape index (κ1) is 22.2. The van der Waals surface area contributed by atoms with Crippen LogP contribution < -0.4 is 15.1 Å². The average Bonchev–Trinajstić information content (AvgIpc) is 3.21. The number of rotatable bonds is 5. The summed E-state index contributed by atoms with van der Waals surface area (Å²) in [6.07, 6.45) is 1.62. The fourth-order valence-electron chi connectivity index (χ4n) is 4.51. The predicted octanol–water partition coefficient (Wildman–Crippen LogP) is 6.28. The number of nitrogens with zero attached hydrogens (tertiary/aromatic N) is 2. The number of halogens is 1. The van der Waals surface area contributed by atoms with E-state index >= 15 is 0 Å². The number of aromatic nitrogens is 1. The normalized spacial score (nSPS) is 14.8. The van der Waals surface area contributed by atoms with Crippen molar-refractivity contribution in [3.63, 3.8) is 0 Å². The van der Waals surface area contributed by atoms with Gasteiger partial charge in [-0.15, -0.1) is 0 Å². The van der Waals surface area contributed by atoms with E-state index in [-0.39, 0.29) is 16.8 Å². The van der Waals surface area contributed by atoms with E-state index in [1.54, 1.807) is 42.6 Å². The Bertz CT molecular complexity index is 1650. The number of pyridine rings is 1. The first-order chi connectivity index (χ1) is 17.6. The van der Waals surface area contributed by atoms with Crippen molar-refractivity contribution in [3.8, 4) is 5.75 Å². The van der Waals surface area contributed by atoms with Crippen LogP contribution in [0.1, 0.15) is 33.3 Å². The third-order valence-electron chi connectivity index (χ3n) is 6.15. The van der Waals surface area contributed by atoms with Crippen molar-refractivity contribution in [2.45, 2.75) is 12.6 Å². The van der Waals surface area contributed by atoms with Gasteiger partial charge in [0.05, 0.1) is 17.0 Å². The lowest BCUT2D eigenvalue weighted by atomic mass is 9.98. The fraction of sp³-hybridized carbons (Fsp3) is 0.0690. The maximum Gasteiger partial charge on any atom is 0.296 e. The number of hydrogen-bond donors (Lipinski definition) is 0. The highest BCUT2D eigenvalue weighted by Crippen LogP contribution is 2.41. The second-order valence-electron chi connectivity index (χ2n) is 8.43. The molecule has 0 bridgehead atoms. The smallest absolute Gasteiger partial charge is 0.296 e. The largest absolute Gasteiger partial charge is 0.489 e. The van der Waals surface area contributed by atoms with Gasteiger partial charge in [0.1, 0.15) is 23.8 Å². The van der Waals surface area contributed by atoms with Crippen molar-refractivity contribution in [1.82, 2.24) is 4.98 Å². The summed E-state index contributed by atoms with van der Waals surface area (Å²) in [7, 11) is 0. The van der Waals surface area contributed by atoms with Crippen molar-refractivity contribution in [1.29, 1.82) is 0 Å². The lowest BCUT2D eigenvalue weighted by molar-refractivity contribution is 0.0970. The third-order valence-corrected chi connectivity index (χ3v) is 6.64. The summed E-state index contributed by atoms with van der Waals surface area (Å²) in [6, 6.07) is 27.1. The minimum absolute atomic E-state index is 0.0288. The van der Waals surface area contributed by atoms with Gasteiger partial charge in [-0.1, -0.05) is 64.5 Å². The van der Waals surface area contributed by atoms with Crippen molar-refractivity contribution < 1.29 is 13.9 Å².